The van der Waals surface area contributed by atoms with Gasteiger partial charge >= 0.3 is 0 Å². The second-order valence-corrected chi connectivity index (χ2v) is 6.90. The molecule has 1 atom stereocenters. The molecule has 2 aromatic rings. The first kappa shape index (κ1) is 12.3. The van der Waals surface area contributed by atoms with Gasteiger partial charge < -0.3 is 5.11 Å². The number of aliphatic hydroxyl groups is 1. The first-order valence-electron chi connectivity index (χ1n) is 6.52. The number of aromatic nitrogens is 1. The molecule has 0 saturated heterocycles. The molecule has 0 spiro atoms. The van der Waals surface area contributed by atoms with Crippen molar-refractivity contribution < 1.29 is 5.11 Å². The predicted molar refractivity (Wildman–Crippen MR) is 76.4 cm³/mol. The van der Waals surface area contributed by atoms with Crippen molar-refractivity contribution in [2.45, 2.75) is 44.6 Å². The second-order valence-electron chi connectivity index (χ2n) is 4.75. The van der Waals surface area contributed by atoms with Crippen molar-refractivity contribution >= 4 is 22.7 Å². The van der Waals surface area contributed by atoms with Crippen LogP contribution in [0.15, 0.2) is 17.5 Å². The minimum absolute atomic E-state index is 0.328. The summed E-state index contributed by atoms with van der Waals surface area (Å²) in [6, 6.07) is 3.99. The average Bonchev–Trinajstić information content (AvgIpc) is 3.04. The Kier molecular flexibility index (Phi) is 3.77. The summed E-state index contributed by atoms with van der Waals surface area (Å²) in [4.78, 5) is 7.27. The Hall–Kier alpha value is -0.710. The van der Waals surface area contributed by atoms with E-state index in [9.17, 15) is 5.11 Å². The van der Waals surface area contributed by atoms with E-state index in [1.807, 2.05) is 28.8 Å². The van der Waals surface area contributed by atoms with Gasteiger partial charge in [0.1, 0.15) is 0 Å². The highest BCUT2D eigenvalue weighted by Crippen LogP contribution is 2.29. The molecule has 1 N–H and O–H groups in total. The molecule has 1 unspecified atom stereocenters. The molecule has 2 heterocycles. The molecule has 0 aromatic carbocycles. The zero-order chi connectivity index (χ0) is 12.4. The van der Waals surface area contributed by atoms with Crippen LogP contribution in [0.25, 0.3) is 0 Å². The maximum Gasteiger partial charge on any atom is 0.0932 e. The number of aliphatic hydroxyl groups excluding tert-OH is 1. The Labute approximate surface area is 115 Å². The molecule has 2 nitrogen and oxygen atoms in total. The third-order valence-electron chi connectivity index (χ3n) is 3.39. The fourth-order valence-electron chi connectivity index (χ4n) is 2.40. The van der Waals surface area contributed by atoms with Crippen LogP contribution in [0.3, 0.4) is 0 Å². The van der Waals surface area contributed by atoms with Crippen LogP contribution in [0.1, 0.15) is 45.8 Å². The number of hydrogen-bond donors (Lipinski definition) is 1. The highest BCUT2D eigenvalue weighted by Gasteiger charge is 2.16. The van der Waals surface area contributed by atoms with E-state index in [-0.39, 0.29) is 6.10 Å². The molecule has 2 aromatic heterocycles. The molecule has 3 rings (SSSR count). The first-order valence-corrected chi connectivity index (χ1v) is 8.21. The van der Waals surface area contributed by atoms with E-state index in [4.69, 9.17) is 4.98 Å². The minimum Gasteiger partial charge on any atom is -0.388 e. The van der Waals surface area contributed by atoms with Crippen molar-refractivity contribution in [1.82, 2.24) is 4.98 Å². The maximum absolute atomic E-state index is 10.1. The van der Waals surface area contributed by atoms with Crippen molar-refractivity contribution in [3.63, 3.8) is 0 Å². The molecule has 96 valence electrons. The molecule has 18 heavy (non-hydrogen) atoms. The van der Waals surface area contributed by atoms with Gasteiger partial charge in [-0.25, -0.2) is 4.98 Å². The molecule has 0 amide bonds. The first-order chi connectivity index (χ1) is 8.83. The zero-order valence-electron chi connectivity index (χ0n) is 10.3. The quantitative estimate of drug-likeness (QED) is 0.924. The second kappa shape index (κ2) is 5.51. The van der Waals surface area contributed by atoms with Gasteiger partial charge in [0.2, 0.25) is 0 Å². The molecule has 0 aliphatic heterocycles. The maximum atomic E-state index is 10.1. The lowest BCUT2D eigenvalue weighted by molar-refractivity contribution is 0.171. The summed E-state index contributed by atoms with van der Waals surface area (Å²) in [5, 5.41) is 13.3. The number of hydrogen-bond acceptors (Lipinski definition) is 4. The largest absolute Gasteiger partial charge is 0.388 e. The third kappa shape index (κ3) is 2.66. The van der Waals surface area contributed by atoms with Crippen molar-refractivity contribution in [3.05, 3.63) is 38.0 Å². The Morgan fingerprint density at radius 2 is 2.22 bits per heavy atom. The summed E-state index contributed by atoms with van der Waals surface area (Å²) in [5.41, 5.74) is 1.33. The number of nitrogens with zero attached hydrogens (tertiary/aromatic N) is 1. The fourth-order valence-corrected chi connectivity index (χ4v) is 4.31. The number of fused-ring (bicyclic) bond motifs is 1. The summed E-state index contributed by atoms with van der Waals surface area (Å²) in [6.45, 7) is 0. The standard InChI is InChI=1S/C14H17NOS2/c16-11(13-6-3-9-17-13)7-8-14-15-10-4-1-2-5-12(10)18-14/h3,6,9,11,16H,1-2,4-5,7-8H2. The Morgan fingerprint density at radius 3 is 3.00 bits per heavy atom. The number of thiophene rings is 1. The Morgan fingerprint density at radius 1 is 1.33 bits per heavy atom. The monoisotopic (exact) mass is 279 g/mol. The summed E-state index contributed by atoms with van der Waals surface area (Å²) < 4.78 is 0. The Bertz CT molecular complexity index is 480. The topological polar surface area (TPSA) is 33.1 Å². The zero-order valence-corrected chi connectivity index (χ0v) is 11.9. The Balaban J connectivity index is 1.61. The summed E-state index contributed by atoms with van der Waals surface area (Å²) in [6.07, 6.45) is 6.31. The number of thiazole rings is 1. The van der Waals surface area contributed by atoms with E-state index < -0.39 is 0 Å². The molecule has 0 bridgehead atoms. The molecule has 1 aliphatic rings. The highest BCUT2D eigenvalue weighted by atomic mass is 32.1. The van der Waals surface area contributed by atoms with E-state index >= 15 is 0 Å². The summed E-state index contributed by atoms with van der Waals surface area (Å²) >= 11 is 3.48. The normalized spacial score (nSPS) is 16.5. The lowest BCUT2D eigenvalue weighted by atomic mass is 10.0. The molecule has 0 saturated carbocycles. The minimum atomic E-state index is -0.328. The SMILES string of the molecule is OC(CCc1nc2c(s1)CCCC2)c1cccs1. The number of rotatable bonds is 4. The van der Waals surface area contributed by atoms with Gasteiger partial charge in [0.15, 0.2) is 0 Å². The fraction of sp³-hybridized carbons (Fsp3) is 0.500. The van der Waals surface area contributed by atoms with Crippen molar-refractivity contribution in [2.75, 3.05) is 0 Å². The van der Waals surface area contributed by atoms with Crippen LogP contribution < -0.4 is 0 Å². The van der Waals surface area contributed by atoms with Gasteiger partial charge in [-0.1, -0.05) is 6.07 Å². The van der Waals surface area contributed by atoms with Crippen LogP contribution in [0, 0.1) is 0 Å². The molecular formula is C14H17NOS2. The lowest BCUT2D eigenvalue weighted by Crippen LogP contribution is -1.99. The van der Waals surface area contributed by atoms with Gasteiger partial charge in [0.05, 0.1) is 16.8 Å². The van der Waals surface area contributed by atoms with Gasteiger partial charge in [-0.15, -0.1) is 22.7 Å². The highest BCUT2D eigenvalue weighted by molar-refractivity contribution is 7.11. The van der Waals surface area contributed by atoms with E-state index in [1.54, 1.807) is 11.3 Å². The van der Waals surface area contributed by atoms with Crippen LogP contribution in [0.2, 0.25) is 0 Å². The van der Waals surface area contributed by atoms with Gasteiger partial charge in [-0.3, -0.25) is 0 Å². The molecular weight excluding hydrogens is 262 g/mol. The third-order valence-corrected chi connectivity index (χ3v) is 5.58. The summed E-state index contributed by atoms with van der Waals surface area (Å²) in [5.74, 6) is 0. The molecule has 0 radical (unpaired) electrons. The molecule has 0 fully saturated rings. The van der Waals surface area contributed by atoms with E-state index in [1.165, 1.54) is 34.8 Å². The predicted octanol–water partition coefficient (Wildman–Crippen LogP) is 3.75. The number of aryl methyl sites for hydroxylation is 3. The van der Waals surface area contributed by atoms with Gasteiger partial charge in [0.25, 0.3) is 0 Å². The molecule has 1 aliphatic carbocycles. The average molecular weight is 279 g/mol. The van der Waals surface area contributed by atoms with Crippen LogP contribution in [0.5, 0.6) is 0 Å². The van der Waals surface area contributed by atoms with E-state index in [0.717, 1.165) is 24.1 Å². The van der Waals surface area contributed by atoms with Crippen LogP contribution >= 0.6 is 22.7 Å². The van der Waals surface area contributed by atoms with Gasteiger partial charge in [-0.2, -0.15) is 0 Å². The van der Waals surface area contributed by atoms with Gasteiger partial charge in [0, 0.05) is 16.2 Å². The van der Waals surface area contributed by atoms with E-state index in [2.05, 4.69) is 0 Å². The van der Waals surface area contributed by atoms with E-state index in [0.29, 0.717) is 0 Å². The van der Waals surface area contributed by atoms with Crippen LogP contribution in [-0.4, -0.2) is 10.1 Å². The van der Waals surface area contributed by atoms with Crippen LogP contribution in [0.4, 0.5) is 0 Å². The summed E-state index contributed by atoms with van der Waals surface area (Å²) in [7, 11) is 0. The smallest absolute Gasteiger partial charge is 0.0932 e. The van der Waals surface area contributed by atoms with Crippen molar-refractivity contribution in [1.29, 1.82) is 0 Å². The van der Waals surface area contributed by atoms with Crippen molar-refractivity contribution in [2.24, 2.45) is 0 Å². The lowest BCUT2D eigenvalue weighted by Gasteiger charge is -2.06. The van der Waals surface area contributed by atoms with Crippen LogP contribution in [-0.2, 0) is 19.3 Å². The van der Waals surface area contributed by atoms with Gasteiger partial charge in [-0.05, 0) is 43.6 Å². The van der Waals surface area contributed by atoms with Crippen molar-refractivity contribution in [3.8, 4) is 0 Å². The molecule has 4 heteroatoms.